The van der Waals surface area contributed by atoms with E-state index in [0.717, 1.165) is 36.5 Å². The summed E-state index contributed by atoms with van der Waals surface area (Å²) in [6.45, 7) is 2.24. The number of amides is 1. The number of benzene rings is 1. The molecule has 22 heavy (non-hydrogen) atoms. The van der Waals surface area contributed by atoms with Crippen molar-refractivity contribution in [1.82, 2.24) is 15.1 Å². The Labute approximate surface area is 129 Å². The maximum Gasteiger partial charge on any atom is 0.219 e. The van der Waals surface area contributed by atoms with Gasteiger partial charge in [0.05, 0.1) is 12.8 Å². The lowest BCUT2D eigenvalue weighted by Crippen LogP contribution is -2.25. The number of aryl methyl sites for hydroxylation is 1. The Morgan fingerprint density at radius 3 is 3.14 bits per heavy atom. The second kappa shape index (κ2) is 6.19. The van der Waals surface area contributed by atoms with Crippen molar-refractivity contribution in [1.29, 1.82) is 0 Å². The summed E-state index contributed by atoms with van der Waals surface area (Å²) in [6, 6.07) is 7.88. The van der Waals surface area contributed by atoms with Crippen molar-refractivity contribution >= 4 is 5.91 Å². The summed E-state index contributed by atoms with van der Waals surface area (Å²) in [4.78, 5) is 11.1. The summed E-state index contributed by atoms with van der Waals surface area (Å²) in [5.41, 5.74) is 9.63. The average Bonchev–Trinajstić information content (AvgIpc) is 2.92. The Hall–Kier alpha value is -2.34. The second-order valence-electron chi connectivity index (χ2n) is 5.37. The van der Waals surface area contributed by atoms with Crippen LogP contribution in [0, 0.1) is 0 Å². The number of carbonyl (C=O) groups is 1. The van der Waals surface area contributed by atoms with Gasteiger partial charge in [0.15, 0.2) is 0 Å². The molecule has 1 aliphatic rings. The maximum atomic E-state index is 11.1. The van der Waals surface area contributed by atoms with Crippen molar-refractivity contribution in [3.8, 4) is 17.0 Å². The summed E-state index contributed by atoms with van der Waals surface area (Å²) in [6.07, 6.45) is 1.21. The quantitative estimate of drug-likeness (QED) is 0.865. The van der Waals surface area contributed by atoms with Crippen LogP contribution in [0.3, 0.4) is 0 Å². The Morgan fingerprint density at radius 2 is 2.36 bits per heavy atom. The van der Waals surface area contributed by atoms with Gasteiger partial charge in [-0.05, 0) is 12.1 Å². The molecule has 2 aromatic rings. The monoisotopic (exact) mass is 300 g/mol. The van der Waals surface area contributed by atoms with Crippen LogP contribution in [0.4, 0.5) is 0 Å². The molecule has 0 atom stereocenters. The first-order valence-electron chi connectivity index (χ1n) is 7.41. The second-order valence-corrected chi connectivity index (χ2v) is 5.37. The van der Waals surface area contributed by atoms with Gasteiger partial charge in [-0.15, -0.1) is 0 Å². The molecule has 0 radical (unpaired) electrons. The van der Waals surface area contributed by atoms with Crippen molar-refractivity contribution in [3.05, 3.63) is 35.5 Å². The molecule has 1 aromatic heterocycles. The molecule has 1 aromatic carbocycles. The summed E-state index contributed by atoms with van der Waals surface area (Å²) < 4.78 is 7.22. The van der Waals surface area contributed by atoms with Crippen LogP contribution in [0.5, 0.6) is 5.75 Å². The topological polar surface area (TPSA) is 82.2 Å². The number of methoxy groups -OCH3 is 1. The number of fused-ring (bicyclic) bond motifs is 1. The Bertz CT molecular complexity index is 693. The number of hydrogen-bond acceptors (Lipinski definition) is 4. The molecule has 6 nitrogen and oxygen atoms in total. The van der Waals surface area contributed by atoms with E-state index in [1.54, 1.807) is 7.11 Å². The highest BCUT2D eigenvalue weighted by atomic mass is 16.5. The number of primary amides is 1. The molecule has 2 heterocycles. The fourth-order valence-electron chi connectivity index (χ4n) is 2.82. The molecule has 3 N–H and O–H groups in total. The fraction of sp³-hybridized carbons (Fsp3) is 0.375. The predicted molar refractivity (Wildman–Crippen MR) is 83.4 cm³/mol. The molecule has 0 saturated carbocycles. The van der Waals surface area contributed by atoms with Gasteiger partial charge in [-0.1, -0.05) is 12.1 Å². The molecule has 3 rings (SSSR count). The summed E-state index contributed by atoms with van der Waals surface area (Å²) in [5, 5.41) is 8.10. The number of nitrogens with zero attached hydrogens (tertiary/aromatic N) is 2. The number of nitrogens with two attached hydrogens (primary N) is 1. The summed E-state index contributed by atoms with van der Waals surface area (Å²) >= 11 is 0. The molecule has 0 spiro atoms. The smallest absolute Gasteiger partial charge is 0.219 e. The first-order valence-corrected chi connectivity index (χ1v) is 7.41. The van der Waals surface area contributed by atoms with Crippen LogP contribution >= 0.6 is 0 Å². The minimum absolute atomic E-state index is 0.305. The highest BCUT2D eigenvalue weighted by Crippen LogP contribution is 2.29. The first kappa shape index (κ1) is 14.6. The summed E-state index contributed by atoms with van der Waals surface area (Å²) in [5.74, 6) is 0.503. The number of nitrogens with one attached hydrogen (secondary N) is 1. The van der Waals surface area contributed by atoms with Crippen molar-refractivity contribution in [2.24, 2.45) is 5.73 Å². The van der Waals surface area contributed by atoms with Crippen molar-refractivity contribution in [2.45, 2.75) is 25.9 Å². The molecule has 6 heteroatoms. The van der Waals surface area contributed by atoms with E-state index in [-0.39, 0.29) is 5.91 Å². The van der Waals surface area contributed by atoms with E-state index in [9.17, 15) is 4.79 Å². The van der Waals surface area contributed by atoms with Gasteiger partial charge in [-0.25, -0.2) is 0 Å². The van der Waals surface area contributed by atoms with Gasteiger partial charge in [-0.3, -0.25) is 9.48 Å². The van der Waals surface area contributed by atoms with E-state index in [1.165, 1.54) is 11.3 Å². The molecule has 0 unspecified atom stereocenters. The summed E-state index contributed by atoms with van der Waals surface area (Å²) in [7, 11) is 1.65. The third-order valence-electron chi connectivity index (χ3n) is 3.92. The van der Waals surface area contributed by atoms with E-state index in [4.69, 9.17) is 15.6 Å². The highest BCUT2D eigenvalue weighted by molar-refractivity contribution is 5.73. The van der Waals surface area contributed by atoms with Crippen LogP contribution in [0.15, 0.2) is 24.3 Å². The Balaban J connectivity index is 2.01. The lowest BCUT2D eigenvalue weighted by atomic mass is 10.0. The minimum Gasteiger partial charge on any atom is -0.497 e. The first-order chi connectivity index (χ1) is 10.7. The lowest BCUT2D eigenvalue weighted by Gasteiger charge is -2.15. The van der Waals surface area contributed by atoms with Crippen LogP contribution in [0.1, 0.15) is 17.7 Å². The van der Waals surface area contributed by atoms with Gasteiger partial charge >= 0.3 is 0 Å². The zero-order valence-corrected chi connectivity index (χ0v) is 12.6. The zero-order valence-electron chi connectivity index (χ0n) is 12.6. The van der Waals surface area contributed by atoms with Gasteiger partial charge < -0.3 is 15.8 Å². The molecule has 0 fully saturated rings. The van der Waals surface area contributed by atoms with Gasteiger partial charge in [0.1, 0.15) is 5.75 Å². The number of ether oxygens (including phenoxy) is 1. The van der Waals surface area contributed by atoms with Gasteiger partial charge in [-0.2, -0.15) is 5.10 Å². The molecule has 1 amide bonds. The van der Waals surface area contributed by atoms with Crippen molar-refractivity contribution in [3.63, 3.8) is 0 Å². The molecule has 0 saturated heterocycles. The largest absolute Gasteiger partial charge is 0.497 e. The van der Waals surface area contributed by atoms with Crippen LogP contribution in [0.2, 0.25) is 0 Å². The van der Waals surface area contributed by atoms with Crippen molar-refractivity contribution < 1.29 is 9.53 Å². The normalized spacial score (nSPS) is 13.7. The van der Waals surface area contributed by atoms with Crippen LogP contribution in [-0.4, -0.2) is 29.3 Å². The van der Waals surface area contributed by atoms with Gasteiger partial charge in [0, 0.05) is 49.3 Å². The van der Waals surface area contributed by atoms with Crippen molar-refractivity contribution in [2.75, 3.05) is 13.7 Å². The minimum atomic E-state index is -0.305. The van der Waals surface area contributed by atoms with E-state index >= 15 is 0 Å². The maximum absolute atomic E-state index is 11.1. The molecule has 1 aliphatic heterocycles. The SMILES string of the molecule is COc1cccc(-c2nn(CCC(N)=O)c3c2CNCC3)c1. The highest BCUT2D eigenvalue weighted by Gasteiger charge is 2.21. The fourth-order valence-corrected chi connectivity index (χ4v) is 2.82. The lowest BCUT2D eigenvalue weighted by molar-refractivity contribution is -0.118. The molecular formula is C16H20N4O2. The number of rotatable bonds is 5. The average molecular weight is 300 g/mol. The molecule has 0 bridgehead atoms. The number of aromatic nitrogens is 2. The van der Waals surface area contributed by atoms with E-state index in [0.29, 0.717) is 13.0 Å². The van der Waals surface area contributed by atoms with Crippen LogP contribution < -0.4 is 15.8 Å². The van der Waals surface area contributed by atoms with E-state index in [1.807, 2.05) is 28.9 Å². The third-order valence-corrected chi connectivity index (χ3v) is 3.92. The van der Waals surface area contributed by atoms with Gasteiger partial charge in [0.2, 0.25) is 5.91 Å². The Kier molecular flexibility index (Phi) is 4.11. The molecule has 0 aliphatic carbocycles. The van der Waals surface area contributed by atoms with E-state index < -0.39 is 0 Å². The van der Waals surface area contributed by atoms with E-state index in [2.05, 4.69) is 5.32 Å². The third kappa shape index (κ3) is 2.82. The molecule has 116 valence electrons. The standard InChI is InChI=1S/C16H20N4O2/c1-22-12-4-2-3-11(9-12)16-13-10-18-7-5-14(13)20(19-16)8-6-15(17)21/h2-4,9,18H,5-8,10H2,1H3,(H2,17,21). The molecular weight excluding hydrogens is 280 g/mol. The zero-order chi connectivity index (χ0) is 15.5. The van der Waals surface area contributed by atoms with Gasteiger partial charge in [0.25, 0.3) is 0 Å². The number of carbonyl (C=O) groups excluding carboxylic acids is 1. The number of hydrogen-bond donors (Lipinski definition) is 2. The predicted octanol–water partition coefficient (Wildman–Crippen LogP) is 1.08. The van der Waals surface area contributed by atoms with Crippen LogP contribution in [0.25, 0.3) is 11.3 Å². The Morgan fingerprint density at radius 1 is 1.50 bits per heavy atom. The van der Waals surface area contributed by atoms with Crippen LogP contribution in [-0.2, 0) is 24.3 Å².